The van der Waals surface area contributed by atoms with E-state index in [2.05, 4.69) is 57.4 Å². The van der Waals surface area contributed by atoms with E-state index in [1.54, 1.807) is 6.92 Å². The third kappa shape index (κ3) is 3.17. The van der Waals surface area contributed by atoms with Gasteiger partial charge in [0.1, 0.15) is 0 Å². The number of benzene rings is 1. The first-order valence-corrected chi connectivity index (χ1v) is 6.57. The van der Waals surface area contributed by atoms with Gasteiger partial charge in [-0.05, 0) is 31.5 Å². The Bertz CT molecular complexity index is 519. The highest BCUT2D eigenvalue weighted by Gasteiger charge is 2.20. The molecule has 0 unspecified atom stereocenters. The second-order valence-electron chi connectivity index (χ2n) is 4.72. The van der Waals surface area contributed by atoms with Gasteiger partial charge < -0.3 is 9.84 Å². The zero-order valence-corrected chi connectivity index (χ0v) is 12.3. The minimum atomic E-state index is -0.144. The number of rotatable bonds is 4. The second kappa shape index (κ2) is 5.20. The molecule has 0 saturated carbocycles. The molecule has 0 bridgehead atoms. The molecule has 1 aromatic carbocycles. The molecule has 2 rings (SSSR count). The summed E-state index contributed by atoms with van der Waals surface area (Å²) in [6.45, 7) is 6.63. The summed E-state index contributed by atoms with van der Waals surface area (Å²) in [4.78, 5) is 4.17. The molecular formula is C13H16BrN3O. The van der Waals surface area contributed by atoms with Crippen molar-refractivity contribution in [3.63, 3.8) is 0 Å². The Labute approximate surface area is 115 Å². The molecule has 96 valence electrons. The second-order valence-corrected chi connectivity index (χ2v) is 5.63. The highest BCUT2D eigenvalue weighted by Crippen LogP contribution is 2.22. The molecule has 0 radical (unpaired) electrons. The van der Waals surface area contributed by atoms with Gasteiger partial charge in [0.25, 0.3) is 0 Å². The van der Waals surface area contributed by atoms with Gasteiger partial charge in [-0.15, -0.1) is 0 Å². The summed E-state index contributed by atoms with van der Waals surface area (Å²) in [5.74, 6) is 1.27. The quantitative estimate of drug-likeness (QED) is 0.942. The number of aryl methyl sites for hydroxylation is 1. The Balaban J connectivity index is 2.04. The third-order valence-electron chi connectivity index (χ3n) is 2.82. The standard InChI is InChI=1S/C13H16BrN3O/c1-9-16-12(17-18-9)8-15-13(2,3)10-4-6-11(14)7-5-10/h4-7,15H,8H2,1-3H3. The van der Waals surface area contributed by atoms with E-state index in [-0.39, 0.29) is 5.54 Å². The average molecular weight is 310 g/mol. The zero-order valence-electron chi connectivity index (χ0n) is 10.7. The molecule has 1 aromatic heterocycles. The fourth-order valence-electron chi connectivity index (χ4n) is 1.68. The van der Waals surface area contributed by atoms with E-state index in [0.717, 1.165) is 4.47 Å². The van der Waals surface area contributed by atoms with Crippen LogP contribution >= 0.6 is 15.9 Å². The van der Waals surface area contributed by atoms with E-state index in [0.29, 0.717) is 18.3 Å². The molecule has 0 fully saturated rings. The molecule has 0 aliphatic heterocycles. The number of nitrogens with one attached hydrogen (secondary N) is 1. The molecule has 1 heterocycles. The van der Waals surface area contributed by atoms with Crippen LogP contribution in [-0.4, -0.2) is 10.1 Å². The molecule has 0 amide bonds. The lowest BCUT2D eigenvalue weighted by Crippen LogP contribution is -2.36. The van der Waals surface area contributed by atoms with Crippen molar-refractivity contribution in [1.29, 1.82) is 0 Å². The minimum absolute atomic E-state index is 0.144. The maximum atomic E-state index is 4.94. The molecule has 0 atom stereocenters. The lowest BCUT2D eigenvalue weighted by Gasteiger charge is -2.26. The predicted octanol–water partition coefficient (Wildman–Crippen LogP) is 3.17. The zero-order chi connectivity index (χ0) is 13.2. The van der Waals surface area contributed by atoms with Crippen LogP contribution in [0.4, 0.5) is 0 Å². The number of halogens is 1. The number of hydrogen-bond acceptors (Lipinski definition) is 4. The minimum Gasteiger partial charge on any atom is -0.340 e. The molecule has 4 nitrogen and oxygen atoms in total. The summed E-state index contributed by atoms with van der Waals surface area (Å²) >= 11 is 3.44. The van der Waals surface area contributed by atoms with Gasteiger partial charge in [-0.25, -0.2) is 0 Å². The van der Waals surface area contributed by atoms with Gasteiger partial charge in [0.05, 0.1) is 6.54 Å². The molecule has 2 aromatic rings. The fourth-order valence-corrected chi connectivity index (χ4v) is 1.95. The van der Waals surface area contributed by atoms with Crippen LogP contribution in [0.3, 0.4) is 0 Å². The monoisotopic (exact) mass is 309 g/mol. The summed E-state index contributed by atoms with van der Waals surface area (Å²) in [5, 5.41) is 7.29. The lowest BCUT2D eigenvalue weighted by atomic mass is 9.94. The molecule has 0 saturated heterocycles. The largest absolute Gasteiger partial charge is 0.340 e. The van der Waals surface area contributed by atoms with Crippen molar-refractivity contribution < 1.29 is 4.52 Å². The van der Waals surface area contributed by atoms with Gasteiger partial charge in [-0.1, -0.05) is 33.2 Å². The van der Waals surface area contributed by atoms with Crippen LogP contribution in [0.1, 0.15) is 31.1 Å². The Morgan fingerprint density at radius 2 is 1.94 bits per heavy atom. The van der Waals surface area contributed by atoms with E-state index >= 15 is 0 Å². The molecule has 0 spiro atoms. The number of aromatic nitrogens is 2. The smallest absolute Gasteiger partial charge is 0.223 e. The highest BCUT2D eigenvalue weighted by molar-refractivity contribution is 9.10. The SMILES string of the molecule is Cc1nc(CNC(C)(C)c2ccc(Br)cc2)no1. The fraction of sp³-hybridized carbons (Fsp3) is 0.385. The van der Waals surface area contributed by atoms with Crippen molar-refractivity contribution in [2.45, 2.75) is 32.9 Å². The van der Waals surface area contributed by atoms with Crippen LogP contribution in [0.25, 0.3) is 0 Å². The van der Waals surface area contributed by atoms with Crippen molar-refractivity contribution in [2.24, 2.45) is 0 Å². The van der Waals surface area contributed by atoms with Crippen LogP contribution in [-0.2, 0) is 12.1 Å². The van der Waals surface area contributed by atoms with Gasteiger partial charge in [0.15, 0.2) is 5.82 Å². The average Bonchev–Trinajstić information content (AvgIpc) is 2.73. The van der Waals surface area contributed by atoms with Gasteiger partial charge >= 0.3 is 0 Å². The molecule has 0 aliphatic rings. The van der Waals surface area contributed by atoms with Gasteiger partial charge in [-0.2, -0.15) is 4.98 Å². The maximum Gasteiger partial charge on any atom is 0.223 e. The van der Waals surface area contributed by atoms with Crippen LogP contribution in [0.15, 0.2) is 33.3 Å². The van der Waals surface area contributed by atoms with Crippen molar-refractivity contribution in [3.8, 4) is 0 Å². The van der Waals surface area contributed by atoms with Gasteiger partial charge in [0, 0.05) is 16.9 Å². The summed E-state index contributed by atoms with van der Waals surface area (Å²) in [5.41, 5.74) is 1.07. The van der Waals surface area contributed by atoms with Crippen molar-refractivity contribution in [3.05, 3.63) is 46.0 Å². The van der Waals surface area contributed by atoms with Crippen LogP contribution < -0.4 is 5.32 Å². The molecular weight excluding hydrogens is 294 g/mol. The third-order valence-corrected chi connectivity index (χ3v) is 3.35. The Hall–Kier alpha value is -1.20. The topological polar surface area (TPSA) is 51.0 Å². The first kappa shape index (κ1) is 13.2. The first-order valence-electron chi connectivity index (χ1n) is 5.77. The molecule has 0 aliphatic carbocycles. The lowest BCUT2D eigenvalue weighted by molar-refractivity contribution is 0.367. The van der Waals surface area contributed by atoms with E-state index in [9.17, 15) is 0 Å². The van der Waals surface area contributed by atoms with E-state index < -0.39 is 0 Å². The van der Waals surface area contributed by atoms with E-state index in [4.69, 9.17) is 4.52 Å². The van der Waals surface area contributed by atoms with Crippen LogP contribution in [0.5, 0.6) is 0 Å². The molecule has 18 heavy (non-hydrogen) atoms. The van der Waals surface area contributed by atoms with Crippen molar-refractivity contribution in [1.82, 2.24) is 15.5 Å². The Kier molecular flexibility index (Phi) is 3.82. The maximum absolute atomic E-state index is 4.94. The Morgan fingerprint density at radius 3 is 2.50 bits per heavy atom. The molecule has 1 N–H and O–H groups in total. The van der Waals surface area contributed by atoms with Crippen molar-refractivity contribution >= 4 is 15.9 Å². The summed E-state index contributed by atoms with van der Waals surface area (Å²) in [6.07, 6.45) is 0. The predicted molar refractivity (Wildman–Crippen MR) is 73.0 cm³/mol. The summed E-state index contributed by atoms with van der Waals surface area (Å²) in [7, 11) is 0. The normalized spacial score (nSPS) is 11.8. The van der Waals surface area contributed by atoms with Crippen LogP contribution in [0.2, 0.25) is 0 Å². The van der Waals surface area contributed by atoms with E-state index in [1.165, 1.54) is 5.56 Å². The summed E-state index contributed by atoms with van der Waals surface area (Å²) in [6, 6.07) is 8.27. The van der Waals surface area contributed by atoms with Gasteiger partial charge in [0.2, 0.25) is 5.89 Å². The first-order chi connectivity index (χ1) is 8.47. The van der Waals surface area contributed by atoms with E-state index in [1.807, 2.05) is 12.1 Å². The summed E-state index contributed by atoms with van der Waals surface area (Å²) < 4.78 is 6.02. The van der Waals surface area contributed by atoms with Crippen LogP contribution in [0, 0.1) is 6.92 Å². The van der Waals surface area contributed by atoms with Gasteiger partial charge in [-0.3, -0.25) is 0 Å². The molecule has 5 heteroatoms. The van der Waals surface area contributed by atoms with Crippen molar-refractivity contribution in [2.75, 3.05) is 0 Å². The number of hydrogen-bond donors (Lipinski definition) is 1. The highest BCUT2D eigenvalue weighted by atomic mass is 79.9. The Morgan fingerprint density at radius 1 is 1.28 bits per heavy atom. The number of nitrogens with zero attached hydrogens (tertiary/aromatic N) is 2.